The molecule has 2 nitrogen and oxygen atoms in total. The largest absolute Gasteiger partial charge is 0.494 e. The molecule has 0 aliphatic carbocycles. The zero-order valence-corrected chi connectivity index (χ0v) is 10.0. The fourth-order valence-corrected chi connectivity index (χ4v) is 2.12. The van der Waals surface area contributed by atoms with Gasteiger partial charge in [-0.1, -0.05) is 25.5 Å². The minimum Gasteiger partial charge on any atom is -0.494 e. The Balaban J connectivity index is 1.95. The SMILES string of the molecule is CCCCOc1cccc([C@@H]2CCCN2)c1. The van der Waals surface area contributed by atoms with E-state index in [9.17, 15) is 0 Å². The van der Waals surface area contributed by atoms with Gasteiger partial charge in [-0.05, 0) is 43.5 Å². The number of ether oxygens (including phenoxy) is 1. The molecule has 1 aliphatic heterocycles. The van der Waals surface area contributed by atoms with Gasteiger partial charge in [-0.25, -0.2) is 0 Å². The lowest BCUT2D eigenvalue weighted by Gasteiger charge is -2.12. The average molecular weight is 219 g/mol. The van der Waals surface area contributed by atoms with E-state index in [1.165, 1.54) is 24.8 Å². The van der Waals surface area contributed by atoms with Gasteiger partial charge in [0.05, 0.1) is 6.61 Å². The third-order valence-corrected chi connectivity index (χ3v) is 3.09. The normalized spacial score (nSPS) is 19.9. The minimum atomic E-state index is 0.537. The first-order valence-electron chi connectivity index (χ1n) is 6.36. The Hall–Kier alpha value is -1.02. The predicted molar refractivity (Wildman–Crippen MR) is 66.8 cm³/mol. The second-order valence-electron chi connectivity index (χ2n) is 4.42. The Labute approximate surface area is 98.0 Å². The highest BCUT2D eigenvalue weighted by molar-refractivity contribution is 5.31. The summed E-state index contributed by atoms with van der Waals surface area (Å²) in [6.07, 6.45) is 4.85. The van der Waals surface area contributed by atoms with Crippen LogP contribution in [-0.4, -0.2) is 13.2 Å². The van der Waals surface area contributed by atoms with Crippen LogP contribution in [0.5, 0.6) is 5.75 Å². The summed E-state index contributed by atoms with van der Waals surface area (Å²) in [5, 5.41) is 3.51. The Bertz CT molecular complexity index is 318. The molecule has 0 spiro atoms. The number of rotatable bonds is 5. The molecule has 1 N–H and O–H groups in total. The van der Waals surface area contributed by atoms with Gasteiger partial charge in [0.25, 0.3) is 0 Å². The van der Waals surface area contributed by atoms with Gasteiger partial charge in [-0.3, -0.25) is 0 Å². The first-order valence-corrected chi connectivity index (χ1v) is 6.36. The van der Waals surface area contributed by atoms with Gasteiger partial charge >= 0.3 is 0 Å². The maximum absolute atomic E-state index is 5.72. The molecular formula is C14H21NO. The van der Waals surface area contributed by atoms with Crippen molar-refractivity contribution in [3.63, 3.8) is 0 Å². The molecule has 2 rings (SSSR count). The molecule has 1 atom stereocenters. The molecule has 0 bridgehead atoms. The predicted octanol–water partition coefficient (Wildman–Crippen LogP) is 3.29. The topological polar surface area (TPSA) is 21.3 Å². The van der Waals surface area contributed by atoms with Crippen molar-refractivity contribution in [1.29, 1.82) is 0 Å². The second-order valence-corrected chi connectivity index (χ2v) is 4.42. The molecule has 0 aromatic heterocycles. The average Bonchev–Trinajstić information content (AvgIpc) is 2.83. The fourth-order valence-electron chi connectivity index (χ4n) is 2.12. The molecule has 1 heterocycles. The summed E-state index contributed by atoms with van der Waals surface area (Å²) in [5.41, 5.74) is 1.37. The van der Waals surface area contributed by atoms with Crippen molar-refractivity contribution >= 4 is 0 Å². The van der Waals surface area contributed by atoms with Crippen LogP contribution in [0.25, 0.3) is 0 Å². The summed E-state index contributed by atoms with van der Waals surface area (Å²) in [5.74, 6) is 1.01. The Morgan fingerprint density at radius 3 is 3.12 bits per heavy atom. The van der Waals surface area contributed by atoms with E-state index >= 15 is 0 Å². The van der Waals surface area contributed by atoms with Gasteiger partial charge in [-0.2, -0.15) is 0 Å². The molecule has 88 valence electrons. The summed E-state index contributed by atoms with van der Waals surface area (Å²) in [6, 6.07) is 9.05. The molecule has 0 saturated carbocycles. The van der Waals surface area contributed by atoms with Crippen LogP contribution in [0.2, 0.25) is 0 Å². The molecule has 1 aromatic carbocycles. The molecule has 0 unspecified atom stereocenters. The van der Waals surface area contributed by atoms with Crippen LogP contribution in [0, 0.1) is 0 Å². The fraction of sp³-hybridized carbons (Fsp3) is 0.571. The van der Waals surface area contributed by atoms with Crippen molar-refractivity contribution in [3.8, 4) is 5.75 Å². The quantitative estimate of drug-likeness (QED) is 0.767. The number of hydrogen-bond acceptors (Lipinski definition) is 2. The van der Waals surface area contributed by atoms with Gasteiger partial charge in [-0.15, -0.1) is 0 Å². The van der Waals surface area contributed by atoms with E-state index < -0.39 is 0 Å². The molecular weight excluding hydrogens is 198 g/mol. The van der Waals surface area contributed by atoms with E-state index in [1.807, 2.05) is 6.07 Å². The summed E-state index contributed by atoms with van der Waals surface area (Å²) in [7, 11) is 0. The maximum atomic E-state index is 5.72. The molecule has 0 radical (unpaired) electrons. The van der Waals surface area contributed by atoms with E-state index in [0.29, 0.717) is 6.04 Å². The number of benzene rings is 1. The van der Waals surface area contributed by atoms with Crippen molar-refractivity contribution in [3.05, 3.63) is 29.8 Å². The van der Waals surface area contributed by atoms with Crippen molar-refractivity contribution in [2.24, 2.45) is 0 Å². The zero-order valence-electron chi connectivity index (χ0n) is 10.0. The Morgan fingerprint density at radius 1 is 1.44 bits per heavy atom. The van der Waals surface area contributed by atoms with Crippen LogP contribution in [0.4, 0.5) is 0 Å². The van der Waals surface area contributed by atoms with Gasteiger partial charge in [0, 0.05) is 6.04 Å². The zero-order chi connectivity index (χ0) is 11.2. The third kappa shape index (κ3) is 2.99. The van der Waals surface area contributed by atoms with Crippen molar-refractivity contribution in [2.45, 2.75) is 38.6 Å². The third-order valence-electron chi connectivity index (χ3n) is 3.09. The highest BCUT2D eigenvalue weighted by atomic mass is 16.5. The lowest BCUT2D eigenvalue weighted by molar-refractivity contribution is 0.309. The van der Waals surface area contributed by atoms with Gasteiger partial charge in [0.2, 0.25) is 0 Å². The Kier molecular flexibility index (Phi) is 4.23. The summed E-state index contributed by atoms with van der Waals surface area (Å²) in [6.45, 7) is 4.16. The first-order chi connectivity index (χ1) is 7.90. The number of nitrogens with one attached hydrogen (secondary N) is 1. The van der Waals surface area contributed by atoms with Crippen LogP contribution < -0.4 is 10.1 Å². The molecule has 1 aliphatic rings. The van der Waals surface area contributed by atoms with Crippen LogP contribution in [0.15, 0.2) is 24.3 Å². The summed E-state index contributed by atoms with van der Waals surface area (Å²) < 4.78 is 5.72. The van der Waals surface area contributed by atoms with E-state index in [1.54, 1.807) is 0 Å². The van der Waals surface area contributed by atoms with Gasteiger partial charge < -0.3 is 10.1 Å². The summed E-state index contributed by atoms with van der Waals surface area (Å²) in [4.78, 5) is 0. The molecule has 1 aromatic rings. The van der Waals surface area contributed by atoms with Crippen LogP contribution in [0.1, 0.15) is 44.2 Å². The lowest BCUT2D eigenvalue weighted by Crippen LogP contribution is -2.12. The van der Waals surface area contributed by atoms with Crippen LogP contribution >= 0.6 is 0 Å². The van der Waals surface area contributed by atoms with Crippen LogP contribution in [0.3, 0.4) is 0 Å². The second kappa shape index (κ2) is 5.90. The molecule has 16 heavy (non-hydrogen) atoms. The van der Waals surface area contributed by atoms with Gasteiger partial charge in [0.15, 0.2) is 0 Å². The molecule has 1 fully saturated rings. The lowest BCUT2D eigenvalue weighted by atomic mass is 10.1. The smallest absolute Gasteiger partial charge is 0.119 e. The summed E-state index contributed by atoms with van der Waals surface area (Å²) >= 11 is 0. The van der Waals surface area contributed by atoms with Crippen LogP contribution in [-0.2, 0) is 0 Å². The number of hydrogen-bond donors (Lipinski definition) is 1. The van der Waals surface area contributed by atoms with Crippen molar-refractivity contribution in [2.75, 3.05) is 13.2 Å². The van der Waals surface area contributed by atoms with E-state index in [4.69, 9.17) is 4.74 Å². The van der Waals surface area contributed by atoms with Gasteiger partial charge in [0.1, 0.15) is 5.75 Å². The number of unbranched alkanes of at least 4 members (excludes halogenated alkanes) is 1. The maximum Gasteiger partial charge on any atom is 0.119 e. The molecule has 1 saturated heterocycles. The van der Waals surface area contributed by atoms with E-state index in [0.717, 1.165) is 25.3 Å². The van der Waals surface area contributed by atoms with Crippen molar-refractivity contribution in [1.82, 2.24) is 5.32 Å². The van der Waals surface area contributed by atoms with Crippen molar-refractivity contribution < 1.29 is 4.74 Å². The Morgan fingerprint density at radius 2 is 2.38 bits per heavy atom. The highest BCUT2D eigenvalue weighted by Crippen LogP contribution is 2.25. The van der Waals surface area contributed by atoms with E-state index in [2.05, 4.69) is 30.4 Å². The molecule has 0 amide bonds. The highest BCUT2D eigenvalue weighted by Gasteiger charge is 2.16. The van der Waals surface area contributed by atoms with E-state index in [-0.39, 0.29) is 0 Å². The first kappa shape index (κ1) is 11.5. The molecule has 2 heteroatoms. The minimum absolute atomic E-state index is 0.537. The standard InChI is InChI=1S/C14H21NO/c1-2-3-10-16-13-7-4-6-12(11-13)14-8-5-9-15-14/h4,6-7,11,14-15H,2-3,5,8-10H2,1H3/t14-/m0/s1. The monoisotopic (exact) mass is 219 g/mol.